The molecule has 2 fully saturated rings. The number of methoxy groups -OCH3 is 3. The highest BCUT2D eigenvalue weighted by atomic mass is 32.2. The lowest BCUT2D eigenvalue weighted by Gasteiger charge is -2.27. The van der Waals surface area contributed by atoms with Crippen LogP contribution in [0.3, 0.4) is 0 Å². The summed E-state index contributed by atoms with van der Waals surface area (Å²) >= 11 is 0. The standard InChI is InChI=1S/C50H84O13S.C2H6/c1-7-8-9-10-11-12-13-17-23-44(58-36-55-5)46-29-31-48(61-46)49-32-30-47(62-49)45(59-37-56-6)24-19-18-21-41(63-64(52,53)43-27-25-38(2)26-28-43)20-15-14-16-22-42(57-35-54-4)34-40-33-39(3)60-50(40)51;1-2/h25-28,33,39,41-42,44-49H,7-24,29-32,34-37H2,1-6H3;1-2H3/t39-,41?,42?,44+,45?,46+,47+,48+,49+;/m0./s1. The normalized spacial score (nSPS) is 22.7. The Morgan fingerprint density at radius 3 is 1.59 bits per heavy atom. The molecular weight excluding hydrogens is 865 g/mol. The highest BCUT2D eigenvalue weighted by molar-refractivity contribution is 7.86. The van der Waals surface area contributed by atoms with Gasteiger partial charge in [0.25, 0.3) is 10.1 Å². The van der Waals surface area contributed by atoms with Crippen LogP contribution in [0.15, 0.2) is 40.8 Å². The molecule has 1 aromatic carbocycles. The number of carbonyl (C=O) groups excluding carboxylic acids is 1. The Morgan fingerprint density at radius 2 is 1.08 bits per heavy atom. The monoisotopic (exact) mass is 955 g/mol. The van der Waals surface area contributed by atoms with Gasteiger partial charge in [-0.25, -0.2) is 4.79 Å². The number of esters is 1. The lowest BCUT2D eigenvalue weighted by atomic mass is 9.99. The van der Waals surface area contributed by atoms with Crippen LogP contribution in [-0.4, -0.2) is 111 Å². The van der Waals surface area contributed by atoms with E-state index in [4.69, 9.17) is 46.8 Å². The number of unbranched alkanes of at least 4 members (excludes halogenated alkanes) is 10. The Hall–Kier alpha value is -1.98. The van der Waals surface area contributed by atoms with Gasteiger partial charge in [0.1, 0.15) is 26.5 Å². The molecule has 9 atom stereocenters. The topological polar surface area (TPSA) is 144 Å². The van der Waals surface area contributed by atoms with Crippen molar-refractivity contribution in [1.82, 2.24) is 0 Å². The van der Waals surface area contributed by atoms with Crippen LogP contribution in [0.2, 0.25) is 0 Å². The zero-order chi connectivity index (χ0) is 48.0. The SMILES string of the molecule is CC.CCCCCCCCCC[C@@H](OCOC)[C@H]1CC[C@H]([C@H]2CC[C@H](C(CCCCC(CCCCCC(CC3=C[C@H](C)OC3=O)OCOC)OS(=O)(=O)c3ccc(C)cc3)OCOC)O2)O1. The predicted molar refractivity (Wildman–Crippen MR) is 258 cm³/mol. The van der Waals surface area contributed by atoms with Crippen LogP contribution in [0.5, 0.6) is 0 Å². The maximum Gasteiger partial charge on any atom is 0.334 e. The van der Waals surface area contributed by atoms with E-state index in [0.717, 1.165) is 89.0 Å². The molecule has 14 heteroatoms. The molecule has 13 nitrogen and oxygen atoms in total. The summed E-state index contributed by atoms with van der Waals surface area (Å²) in [5.41, 5.74) is 1.61. The Kier molecular flexibility index (Phi) is 30.3. The van der Waals surface area contributed by atoms with Crippen LogP contribution in [0, 0.1) is 6.92 Å². The van der Waals surface area contributed by atoms with Gasteiger partial charge in [0.15, 0.2) is 0 Å². The zero-order valence-electron chi connectivity index (χ0n) is 42.2. The van der Waals surface area contributed by atoms with Crippen molar-refractivity contribution in [3.63, 3.8) is 0 Å². The molecule has 0 bridgehead atoms. The first-order valence-electron chi connectivity index (χ1n) is 25.6. The van der Waals surface area contributed by atoms with Gasteiger partial charge >= 0.3 is 5.97 Å². The van der Waals surface area contributed by atoms with Crippen molar-refractivity contribution in [2.75, 3.05) is 41.7 Å². The first-order chi connectivity index (χ1) is 32.1. The Bertz CT molecular complexity index is 1540. The summed E-state index contributed by atoms with van der Waals surface area (Å²) in [6.07, 6.45) is 22.9. The number of rotatable bonds is 37. The number of ether oxygens (including phenoxy) is 9. The summed E-state index contributed by atoms with van der Waals surface area (Å²) in [6.45, 7) is 10.6. The summed E-state index contributed by atoms with van der Waals surface area (Å²) in [7, 11) is 0.921. The molecule has 0 saturated carbocycles. The second-order valence-corrected chi connectivity index (χ2v) is 19.7. The van der Waals surface area contributed by atoms with Gasteiger partial charge in [-0.2, -0.15) is 8.42 Å². The molecule has 382 valence electrons. The second kappa shape index (κ2) is 34.3. The summed E-state index contributed by atoms with van der Waals surface area (Å²) in [5.74, 6) is -0.292. The fourth-order valence-electron chi connectivity index (χ4n) is 9.27. The third-order valence-corrected chi connectivity index (χ3v) is 14.2. The van der Waals surface area contributed by atoms with Crippen molar-refractivity contribution in [3.8, 4) is 0 Å². The minimum atomic E-state index is -3.96. The van der Waals surface area contributed by atoms with Crippen LogP contribution in [0.1, 0.15) is 181 Å². The number of hydrogen-bond donors (Lipinski definition) is 0. The van der Waals surface area contributed by atoms with Crippen molar-refractivity contribution >= 4 is 16.1 Å². The number of hydrogen-bond acceptors (Lipinski definition) is 13. The summed E-state index contributed by atoms with van der Waals surface area (Å²) in [6, 6.07) is 6.78. The van der Waals surface area contributed by atoms with Crippen molar-refractivity contribution in [3.05, 3.63) is 41.5 Å². The molecule has 0 radical (unpaired) electrons. The zero-order valence-corrected chi connectivity index (χ0v) is 43.0. The highest BCUT2D eigenvalue weighted by Crippen LogP contribution is 2.36. The van der Waals surface area contributed by atoms with E-state index < -0.39 is 16.2 Å². The smallest absolute Gasteiger partial charge is 0.334 e. The molecule has 66 heavy (non-hydrogen) atoms. The molecule has 3 unspecified atom stereocenters. The summed E-state index contributed by atoms with van der Waals surface area (Å²) < 4.78 is 85.6. The van der Waals surface area contributed by atoms with E-state index in [0.29, 0.717) is 24.8 Å². The summed E-state index contributed by atoms with van der Waals surface area (Å²) in [4.78, 5) is 12.4. The summed E-state index contributed by atoms with van der Waals surface area (Å²) in [5, 5.41) is 0. The van der Waals surface area contributed by atoms with Gasteiger partial charge in [-0.05, 0) is 89.8 Å². The van der Waals surface area contributed by atoms with Gasteiger partial charge in [0.2, 0.25) is 0 Å². The molecule has 1 aromatic rings. The van der Waals surface area contributed by atoms with E-state index in [1.807, 2.05) is 33.8 Å². The van der Waals surface area contributed by atoms with Gasteiger partial charge in [0.05, 0.1) is 53.7 Å². The first-order valence-corrected chi connectivity index (χ1v) is 27.0. The van der Waals surface area contributed by atoms with E-state index in [2.05, 4.69) is 6.92 Å². The van der Waals surface area contributed by atoms with Gasteiger partial charge in [-0.3, -0.25) is 4.18 Å². The average Bonchev–Trinajstić information content (AvgIpc) is 4.08. The lowest BCUT2D eigenvalue weighted by molar-refractivity contribution is -0.158. The maximum absolute atomic E-state index is 13.5. The van der Waals surface area contributed by atoms with Crippen LogP contribution >= 0.6 is 0 Å². The van der Waals surface area contributed by atoms with Crippen LogP contribution in [0.4, 0.5) is 0 Å². The molecule has 4 rings (SSSR count). The van der Waals surface area contributed by atoms with Gasteiger partial charge in [-0.1, -0.05) is 122 Å². The molecule has 0 amide bonds. The largest absolute Gasteiger partial charge is 0.455 e. The molecule has 0 spiro atoms. The van der Waals surface area contributed by atoms with Crippen LogP contribution < -0.4 is 0 Å². The molecule has 3 aliphatic heterocycles. The van der Waals surface area contributed by atoms with Gasteiger partial charge < -0.3 is 42.6 Å². The number of aryl methyl sites for hydroxylation is 1. The number of cyclic esters (lactones) is 1. The molecule has 0 aromatic heterocycles. The third kappa shape index (κ3) is 22.2. The molecule has 0 aliphatic carbocycles. The van der Waals surface area contributed by atoms with Crippen molar-refractivity contribution in [2.24, 2.45) is 0 Å². The highest BCUT2D eigenvalue weighted by Gasteiger charge is 2.42. The minimum Gasteiger partial charge on any atom is -0.455 e. The quantitative estimate of drug-likeness (QED) is 0.0270. The molecule has 3 aliphatic rings. The number of benzene rings is 1. The molecule has 2 saturated heterocycles. The lowest BCUT2D eigenvalue weighted by Crippen LogP contribution is -2.35. The predicted octanol–water partition coefficient (Wildman–Crippen LogP) is 11.5. The molecule has 3 heterocycles. The van der Waals surface area contributed by atoms with E-state index >= 15 is 0 Å². The third-order valence-electron chi connectivity index (χ3n) is 12.8. The van der Waals surface area contributed by atoms with Crippen molar-refractivity contribution < 1.29 is 60.0 Å². The Morgan fingerprint density at radius 1 is 0.621 bits per heavy atom. The van der Waals surface area contributed by atoms with E-state index in [1.54, 1.807) is 45.6 Å². The van der Waals surface area contributed by atoms with Crippen molar-refractivity contribution in [2.45, 2.75) is 242 Å². The van der Waals surface area contributed by atoms with Crippen LogP contribution in [0.25, 0.3) is 0 Å². The fourth-order valence-corrected chi connectivity index (χ4v) is 10.4. The average molecular weight is 955 g/mol. The van der Waals surface area contributed by atoms with E-state index in [-0.39, 0.29) is 80.1 Å². The molecule has 0 N–H and O–H groups in total. The Balaban J connectivity index is 0.00000570. The van der Waals surface area contributed by atoms with E-state index in [9.17, 15) is 13.2 Å². The van der Waals surface area contributed by atoms with Gasteiger partial charge in [0, 0.05) is 33.3 Å². The second-order valence-electron chi connectivity index (χ2n) is 18.2. The van der Waals surface area contributed by atoms with Crippen LogP contribution in [-0.2, 0) is 61.7 Å². The van der Waals surface area contributed by atoms with Crippen molar-refractivity contribution in [1.29, 1.82) is 0 Å². The van der Waals surface area contributed by atoms with E-state index in [1.165, 1.54) is 44.9 Å². The maximum atomic E-state index is 13.5. The fraction of sp³-hybridized carbons (Fsp3) is 0.827. The molecular formula is C52H90O13S. The number of carbonyl (C=O) groups is 1. The minimum absolute atomic E-state index is 0.00132. The van der Waals surface area contributed by atoms with Gasteiger partial charge in [-0.15, -0.1) is 0 Å². The Labute approximate surface area is 400 Å². The first kappa shape index (κ1) is 58.3.